The zero-order chi connectivity index (χ0) is 13.3. The van der Waals surface area contributed by atoms with E-state index in [1.807, 2.05) is 0 Å². The van der Waals surface area contributed by atoms with E-state index in [0.717, 1.165) is 6.08 Å². The maximum absolute atomic E-state index is 11.4. The molecule has 1 unspecified atom stereocenters. The lowest BCUT2D eigenvalue weighted by Gasteiger charge is -2.11. The van der Waals surface area contributed by atoms with Gasteiger partial charge in [0.05, 0.1) is 7.11 Å². The minimum Gasteiger partial charge on any atom is -0.469 e. The molecule has 0 saturated heterocycles. The van der Waals surface area contributed by atoms with E-state index in [0.29, 0.717) is 13.0 Å². The van der Waals surface area contributed by atoms with Gasteiger partial charge >= 0.3 is 11.9 Å². The molecule has 0 heterocycles. The van der Waals surface area contributed by atoms with Crippen molar-refractivity contribution in [2.24, 2.45) is 0 Å². The lowest BCUT2D eigenvalue weighted by molar-refractivity contribution is -0.150. The average Bonchev–Trinajstić information content (AvgIpc) is 2.33. The smallest absolute Gasteiger partial charge is 0.330 e. The first kappa shape index (κ1) is 15.2. The monoisotopic (exact) mass is 243 g/mol. The molecule has 0 aromatic heterocycles. The summed E-state index contributed by atoms with van der Waals surface area (Å²) in [7, 11) is 1.30. The van der Waals surface area contributed by atoms with Crippen molar-refractivity contribution in [1.82, 2.24) is 5.32 Å². The normalized spacial score (nSPS) is 11.2. The van der Waals surface area contributed by atoms with Crippen LogP contribution in [-0.2, 0) is 23.9 Å². The SMILES string of the molecule is C=CC(=O)OC(C)C(=O)NCCCC(=O)OC. The van der Waals surface area contributed by atoms with Crippen LogP contribution in [0, 0.1) is 0 Å². The van der Waals surface area contributed by atoms with E-state index < -0.39 is 18.0 Å². The molecule has 6 nitrogen and oxygen atoms in total. The molecule has 1 atom stereocenters. The van der Waals surface area contributed by atoms with E-state index in [4.69, 9.17) is 4.74 Å². The number of methoxy groups -OCH3 is 1. The number of amides is 1. The van der Waals surface area contributed by atoms with Gasteiger partial charge in [0.25, 0.3) is 5.91 Å². The van der Waals surface area contributed by atoms with E-state index in [-0.39, 0.29) is 12.4 Å². The van der Waals surface area contributed by atoms with Crippen LogP contribution in [0.5, 0.6) is 0 Å². The predicted octanol–water partition coefficient (Wildman–Crippen LogP) is 0.173. The van der Waals surface area contributed by atoms with E-state index in [1.165, 1.54) is 14.0 Å². The lowest BCUT2D eigenvalue weighted by atomic mass is 10.3. The fourth-order valence-corrected chi connectivity index (χ4v) is 0.966. The summed E-state index contributed by atoms with van der Waals surface area (Å²) in [6.07, 6.45) is 0.817. The molecule has 6 heteroatoms. The van der Waals surface area contributed by atoms with Gasteiger partial charge in [-0.05, 0) is 13.3 Å². The summed E-state index contributed by atoms with van der Waals surface area (Å²) in [6.45, 7) is 5.00. The van der Waals surface area contributed by atoms with Crippen LogP contribution in [0.25, 0.3) is 0 Å². The van der Waals surface area contributed by atoms with Gasteiger partial charge in [-0.25, -0.2) is 4.79 Å². The molecule has 0 aliphatic heterocycles. The highest BCUT2D eigenvalue weighted by atomic mass is 16.5. The Kier molecular flexibility index (Phi) is 7.41. The average molecular weight is 243 g/mol. The van der Waals surface area contributed by atoms with Crippen molar-refractivity contribution in [2.45, 2.75) is 25.9 Å². The van der Waals surface area contributed by atoms with Crippen LogP contribution >= 0.6 is 0 Å². The highest BCUT2D eigenvalue weighted by Crippen LogP contribution is 1.94. The number of carbonyl (C=O) groups excluding carboxylic acids is 3. The summed E-state index contributed by atoms with van der Waals surface area (Å²) in [5.74, 6) is -1.39. The third kappa shape index (κ3) is 7.10. The van der Waals surface area contributed by atoms with Crippen LogP contribution in [0.1, 0.15) is 19.8 Å². The van der Waals surface area contributed by atoms with Gasteiger partial charge in [0.15, 0.2) is 6.10 Å². The summed E-state index contributed by atoms with van der Waals surface area (Å²) in [6, 6.07) is 0. The minimum absolute atomic E-state index is 0.234. The molecule has 0 aromatic carbocycles. The van der Waals surface area contributed by atoms with Gasteiger partial charge in [-0.2, -0.15) is 0 Å². The van der Waals surface area contributed by atoms with Crippen molar-refractivity contribution in [3.05, 3.63) is 12.7 Å². The molecule has 0 bridgehead atoms. The Bertz CT molecular complexity index is 300. The van der Waals surface area contributed by atoms with Crippen LogP contribution in [0.3, 0.4) is 0 Å². The molecule has 0 spiro atoms. The van der Waals surface area contributed by atoms with Crippen molar-refractivity contribution in [3.63, 3.8) is 0 Å². The van der Waals surface area contributed by atoms with Gasteiger partial charge in [0.1, 0.15) is 0 Å². The Morgan fingerprint density at radius 2 is 2.06 bits per heavy atom. The van der Waals surface area contributed by atoms with Crippen molar-refractivity contribution in [3.8, 4) is 0 Å². The zero-order valence-electron chi connectivity index (χ0n) is 10.0. The van der Waals surface area contributed by atoms with Crippen LogP contribution < -0.4 is 5.32 Å². The second-order valence-corrected chi connectivity index (χ2v) is 3.25. The predicted molar refractivity (Wildman–Crippen MR) is 60.0 cm³/mol. The third-order valence-corrected chi connectivity index (χ3v) is 1.91. The molecule has 1 amide bonds. The molecule has 0 aromatic rings. The van der Waals surface area contributed by atoms with E-state index in [2.05, 4.69) is 16.6 Å². The van der Waals surface area contributed by atoms with E-state index in [1.54, 1.807) is 0 Å². The van der Waals surface area contributed by atoms with E-state index >= 15 is 0 Å². The Morgan fingerprint density at radius 3 is 2.59 bits per heavy atom. The molecule has 1 N–H and O–H groups in total. The second-order valence-electron chi connectivity index (χ2n) is 3.25. The number of esters is 2. The molecule has 0 aliphatic rings. The highest BCUT2D eigenvalue weighted by Gasteiger charge is 2.15. The summed E-state index contributed by atoms with van der Waals surface area (Å²) in [5.41, 5.74) is 0. The maximum Gasteiger partial charge on any atom is 0.330 e. The molecule has 0 aliphatic carbocycles. The van der Waals surface area contributed by atoms with Crippen LogP contribution in [0.2, 0.25) is 0 Å². The molecule has 96 valence electrons. The fraction of sp³-hybridized carbons (Fsp3) is 0.545. The molecular weight excluding hydrogens is 226 g/mol. The first-order valence-corrected chi connectivity index (χ1v) is 5.18. The topological polar surface area (TPSA) is 81.7 Å². The minimum atomic E-state index is -0.876. The first-order valence-electron chi connectivity index (χ1n) is 5.18. The van der Waals surface area contributed by atoms with Gasteiger partial charge < -0.3 is 14.8 Å². The van der Waals surface area contributed by atoms with Gasteiger partial charge in [0, 0.05) is 19.0 Å². The lowest BCUT2D eigenvalue weighted by Crippen LogP contribution is -2.36. The standard InChI is InChI=1S/C11H17NO5/c1-4-9(13)17-8(2)11(15)12-7-5-6-10(14)16-3/h4,8H,1,5-7H2,2-3H3,(H,12,15). The summed E-state index contributed by atoms with van der Waals surface area (Å²) < 4.78 is 9.14. The number of carbonyl (C=O) groups is 3. The van der Waals surface area contributed by atoms with E-state index in [9.17, 15) is 14.4 Å². The Balaban J connectivity index is 3.74. The van der Waals surface area contributed by atoms with Crippen molar-refractivity contribution >= 4 is 17.8 Å². The molecule has 0 saturated carbocycles. The summed E-state index contributed by atoms with van der Waals surface area (Å²) in [5, 5.41) is 2.53. The second kappa shape index (κ2) is 8.32. The number of hydrogen-bond donors (Lipinski definition) is 1. The number of rotatable bonds is 7. The first-order chi connectivity index (χ1) is 8.01. The van der Waals surface area contributed by atoms with Gasteiger partial charge in [-0.3, -0.25) is 9.59 Å². The number of ether oxygens (including phenoxy) is 2. The largest absolute Gasteiger partial charge is 0.469 e. The Morgan fingerprint density at radius 1 is 1.41 bits per heavy atom. The van der Waals surface area contributed by atoms with Crippen molar-refractivity contribution in [1.29, 1.82) is 0 Å². The number of hydrogen-bond acceptors (Lipinski definition) is 5. The van der Waals surface area contributed by atoms with Gasteiger partial charge in [-0.1, -0.05) is 6.58 Å². The molecule has 0 radical (unpaired) electrons. The summed E-state index contributed by atoms with van der Waals surface area (Å²) in [4.78, 5) is 32.9. The van der Waals surface area contributed by atoms with Gasteiger partial charge in [-0.15, -0.1) is 0 Å². The third-order valence-electron chi connectivity index (χ3n) is 1.91. The maximum atomic E-state index is 11.4. The zero-order valence-corrected chi connectivity index (χ0v) is 10.0. The quantitative estimate of drug-likeness (QED) is 0.391. The summed E-state index contributed by atoms with van der Waals surface area (Å²) >= 11 is 0. The molecule has 0 fully saturated rings. The molecule has 0 rings (SSSR count). The van der Waals surface area contributed by atoms with Crippen molar-refractivity contribution < 1.29 is 23.9 Å². The fourth-order valence-electron chi connectivity index (χ4n) is 0.966. The highest BCUT2D eigenvalue weighted by molar-refractivity contribution is 5.87. The molecular formula is C11H17NO5. The van der Waals surface area contributed by atoms with Crippen LogP contribution in [0.15, 0.2) is 12.7 Å². The van der Waals surface area contributed by atoms with Gasteiger partial charge in [0.2, 0.25) is 0 Å². The van der Waals surface area contributed by atoms with Crippen LogP contribution in [-0.4, -0.2) is 37.6 Å². The Hall–Kier alpha value is -1.85. The Labute approximate surface area is 100.0 Å². The van der Waals surface area contributed by atoms with Crippen LogP contribution in [0.4, 0.5) is 0 Å². The molecule has 17 heavy (non-hydrogen) atoms. The van der Waals surface area contributed by atoms with Crippen molar-refractivity contribution in [2.75, 3.05) is 13.7 Å². The number of nitrogens with one attached hydrogen (secondary N) is 1.